The first kappa shape index (κ1) is 27.7. The maximum atomic E-state index is 13.4. The number of amides is 3. The number of hydrogen-bond acceptors (Lipinski definition) is 4. The molecule has 3 amide bonds. The summed E-state index contributed by atoms with van der Waals surface area (Å²) in [4.78, 5) is 32.7. The Morgan fingerprint density at radius 1 is 1.10 bits per heavy atom. The van der Waals surface area contributed by atoms with Crippen LogP contribution in [0.4, 0.5) is 23.7 Å². The average molecular weight is 561 g/mol. The number of nitrogens with zero attached hydrogens (tertiary/aromatic N) is 3. The lowest BCUT2D eigenvalue weighted by atomic mass is 9.49. The normalized spacial score (nSPS) is 22.6. The third-order valence-electron chi connectivity index (χ3n) is 8.78. The van der Waals surface area contributed by atoms with Crippen molar-refractivity contribution < 1.29 is 22.8 Å². The van der Waals surface area contributed by atoms with E-state index in [1.54, 1.807) is 4.90 Å². The van der Waals surface area contributed by atoms with Crippen molar-refractivity contribution in [1.29, 1.82) is 0 Å². The van der Waals surface area contributed by atoms with E-state index in [0.717, 1.165) is 35.9 Å². The smallest absolute Gasteiger partial charge is 0.333 e. The van der Waals surface area contributed by atoms with Gasteiger partial charge in [-0.2, -0.15) is 13.2 Å². The molecule has 2 unspecified atom stereocenters. The minimum absolute atomic E-state index is 0.0692. The van der Waals surface area contributed by atoms with Crippen LogP contribution >= 0.6 is 11.3 Å². The van der Waals surface area contributed by atoms with Gasteiger partial charge in [0.25, 0.3) is 5.91 Å². The topological polar surface area (TPSA) is 55.9 Å². The molecule has 6 nitrogen and oxygen atoms in total. The molecule has 1 saturated heterocycles. The Hall–Kier alpha value is -2.85. The molecule has 1 aliphatic heterocycles. The zero-order chi connectivity index (χ0) is 27.8. The van der Waals surface area contributed by atoms with Gasteiger partial charge < -0.3 is 15.1 Å². The van der Waals surface area contributed by atoms with Crippen LogP contribution < -0.4 is 5.32 Å². The van der Waals surface area contributed by atoms with Crippen molar-refractivity contribution in [2.24, 2.45) is 17.3 Å². The predicted octanol–water partition coefficient (Wildman–Crippen LogP) is 6.05. The Morgan fingerprint density at radius 3 is 2.41 bits per heavy atom. The van der Waals surface area contributed by atoms with Crippen LogP contribution in [-0.4, -0.2) is 72.5 Å². The standard InChI is InChI=1S/C29H35F3N4O2S/c1-28(2)22-6-5-20(24(28)18-22)19-36(26(37)25-4-3-17-39-25)16-13-34-11-14-35(15-12-34)27(38)33-23-9-7-21(8-10-23)29(30,31)32/h3-5,7-10,17,22,24H,6,11-16,18-19H2,1-2H3,(H,33,38). The summed E-state index contributed by atoms with van der Waals surface area (Å²) in [5.41, 5.74) is 1.27. The number of halogens is 3. The molecular formula is C29H35F3N4O2S. The summed E-state index contributed by atoms with van der Waals surface area (Å²) in [6.45, 7) is 9.03. The molecule has 3 aliphatic carbocycles. The third-order valence-corrected chi connectivity index (χ3v) is 9.64. The minimum Gasteiger partial charge on any atom is -0.333 e. The van der Waals surface area contributed by atoms with E-state index in [2.05, 4.69) is 30.1 Å². The molecule has 2 heterocycles. The first-order valence-electron chi connectivity index (χ1n) is 13.5. The lowest BCUT2D eigenvalue weighted by molar-refractivity contribution is -0.137. The summed E-state index contributed by atoms with van der Waals surface area (Å²) in [6, 6.07) is 7.92. The number of hydrogen-bond donors (Lipinski definition) is 1. The third kappa shape index (κ3) is 6.01. The molecule has 2 atom stereocenters. The Morgan fingerprint density at radius 2 is 1.82 bits per heavy atom. The van der Waals surface area contributed by atoms with E-state index >= 15 is 0 Å². The number of alkyl halides is 3. The highest BCUT2D eigenvalue weighted by Gasteiger charge is 2.51. The Bertz CT molecular complexity index is 1200. The van der Waals surface area contributed by atoms with Gasteiger partial charge in [-0.1, -0.05) is 31.6 Å². The fourth-order valence-corrected chi connectivity index (χ4v) is 6.76. The van der Waals surface area contributed by atoms with Crippen LogP contribution in [0.5, 0.6) is 0 Å². The van der Waals surface area contributed by atoms with Gasteiger partial charge >= 0.3 is 12.2 Å². The number of benzene rings is 1. The highest BCUT2D eigenvalue weighted by molar-refractivity contribution is 7.12. The van der Waals surface area contributed by atoms with Crippen LogP contribution in [0.2, 0.25) is 0 Å². The van der Waals surface area contributed by atoms with E-state index in [1.165, 1.54) is 35.5 Å². The second-order valence-electron chi connectivity index (χ2n) is 11.4. The van der Waals surface area contributed by atoms with Crippen LogP contribution in [0.3, 0.4) is 0 Å². The lowest BCUT2D eigenvalue weighted by Gasteiger charge is -2.57. The molecule has 10 heteroatoms. The van der Waals surface area contributed by atoms with Gasteiger partial charge in [-0.15, -0.1) is 11.3 Å². The molecule has 2 bridgehead atoms. The fourth-order valence-electron chi connectivity index (χ4n) is 6.07. The van der Waals surface area contributed by atoms with E-state index in [-0.39, 0.29) is 11.9 Å². The van der Waals surface area contributed by atoms with Crippen LogP contribution in [0.15, 0.2) is 53.4 Å². The van der Waals surface area contributed by atoms with Gasteiger partial charge in [-0.05, 0) is 65.8 Å². The predicted molar refractivity (Wildman–Crippen MR) is 147 cm³/mol. The van der Waals surface area contributed by atoms with E-state index in [9.17, 15) is 22.8 Å². The molecule has 2 aromatic rings. The van der Waals surface area contributed by atoms with Gasteiger partial charge in [0.15, 0.2) is 0 Å². The van der Waals surface area contributed by atoms with Gasteiger partial charge in [0.05, 0.1) is 10.4 Å². The van der Waals surface area contributed by atoms with Crippen molar-refractivity contribution in [3.05, 3.63) is 63.9 Å². The van der Waals surface area contributed by atoms with E-state index < -0.39 is 11.7 Å². The van der Waals surface area contributed by atoms with Crippen LogP contribution in [-0.2, 0) is 6.18 Å². The van der Waals surface area contributed by atoms with Crippen molar-refractivity contribution >= 4 is 29.0 Å². The van der Waals surface area contributed by atoms with Crippen molar-refractivity contribution in [3.63, 3.8) is 0 Å². The van der Waals surface area contributed by atoms with Gasteiger partial charge in [0, 0.05) is 51.5 Å². The summed E-state index contributed by atoms with van der Waals surface area (Å²) in [5.74, 6) is 1.36. The molecular weight excluding hydrogens is 525 g/mol. The van der Waals surface area contributed by atoms with Crippen molar-refractivity contribution in [3.8, 4) is 0 Å². The summed E-state index contributed by atoms with van der Waals surface area (Å²) in [5, 5.41) is 4.62. The monoisotopic (exact) mass is 560 g/mol. The number of carbonyl (C=O) groups excluding carboxylic acids is 2. The summed E-state index contributed by atoms with van der Waals surface area (Å²) in [6.07, 6.45) is 0.257. The zero-order valence-electron chi connectivity index (χ0n) is 22.3. The number of rotatable bonds is 7. The lowest BCUT2D eigenvalue weighted by Crippen LogP contribution is -2.52. The van der Waals surface area contributed by atoms with Gasteiger partial charge in [0.2, 0.25) is 0 Å². The highest BCUT2D eigenvalue weighted by Crippen LogP contribution is 2.59. The molecule has 39 heavy (non-hydrogen) atoms. The first-order valence-corrected chi connectivity index (χ1v) is 14.4. The maximum Gasteiger partial charge on any atom is 0.416 e. The van der Waals surface area contributed by atoms with Crippen molar-refractivity contribution in [2.75, 3.05) is 51.1 Å². The molecule has 6 rings (SSSR count). The van der Waals surface area contributed by atoms with Gasteiger partial charge in [-0.25, -0.2) is 4.79 Å². The molecule has 1 saturated carbocycles. The SMILES string of the molecule is CC1(C)C2CC=C(CN(CCN3CCN(C(=O)Nc4ccc(C(F)(F)F)cc4)CC3)C(=O)c3cccs3)C1C2. The van der Waals surface area contributed by atoms with Crippen molar-refractivity contribution in [1.82, 2.24) is 14.7 Å². The summed E-state index contributed by atoms with van der Waals surface area (Å²) >= 11 is 1.47. The van der Waals surface area contributed by atoms with Gasteiger partial charge in [0.1, 0.15) is 0 Å². The molecule has 1 N–H and O–H groups in total. The van der Waals surface area contributed by atoms with Crippen LogP contribution in [0.1, 0.15) is 41.9 Å². The second-order valence-corrected chi connectivity index (χ2v) is 12.3. The number of fused-ring (bicyclic) bond motifs is 1. The maximum absolute atomic E-state index is 13.4. The largest absolute Gasteiger partial charge is 0.416 e. The Labute approximate surface area is 231 Å². The number of nitrogens with one attached hydrogen (secondary N) is 1. The zero-order valence-corrected chi connectivity index (χ0v) is 23.2. The number of carbonyl (C=O) groups is 2. The number of urea groups is 1. The van der Waals surface area contributed by atoms with E-state index in [1.807, 2.05) is 22.4 Å². The molecule has 1 aromatic heterocycles. The molecule has 2 fully saturated rings. The Balaban J connectivity index is 1.14. The van der Waals surface area contributed by atoms with E-state index in [0.29, 0.717) is 56.3 Å². The Kier molecular flexibility index (Phi) is 7.79. The van der Waals surface area contributed by atoms with Crippen molar-refractivity contribution in [2.45, 2.75) is 32.9 Å². The summed E-state index contributed by atoms with van der Waals surface area (Å²) < 4.78 is 38.3. The van der Waals surface area contributed by atoms with Gasteiger partial charge in [-0.3, -0.25) is 9.69 Å². The highest BCUT2D eigenvalue weighted by atomic mass is 32.1. The molecule has 210 valence electrons. The molecule has 4 aliphatic rings. The first-order chi connectivity index (χ1) is 18.5. The fraction of sp³-hybridized carbons (Fsp3) is 0.517. The molecule has 0 spiro atoms. The minimum atomic E-state index is -4.41. The quantitative estimate of drug-likeness (QED) is 0.420. The second kappa shape index (κ2) is 11.0. The number of anilines is 1. The number of thiophene rings is 1. The molecule has 0 radical (unpaired) electrons. The van der Waals surface area contributed by atoms with Crippen LogP contribution in [0.25, 0.3) is 0 Å². The summed E-state index contributed by atoms with van der Waals surface area (Å²) in [7, 11) is 0. The van der Waals surface area contributed by atoms with E-state index in [4.69, 9.17) is 0 Å². The molecule has 1 aromatic carbocycles. The average Bonchev–Trinajstić information content (AvgIpc) is 3.46. The number of allylic oxidation sites excluding steroid dienone is 1. The number of piperazine rings is 1. The van der Waals surface area contributed by atoms with Crippen LogP contribution in [0, 0.1) is 17.3 Å².